The highest BCUT2D eigenvalue weighted by molar-refractivity contribution is 4.97. The zero-order valence-electron chi connectivity index (χ0n) is 8.77. The van der Waals surface area contributed by atoms with Gasteiger partial charge in [-0.15, -0.1) is 11.8 Å². The normalized spacial score (nSPS) is 22.1. The molecule has 0 aliphatic heterocycles. The third-order valence-corrected chi connectivity index (χ3v) is 3.27. The molecule has 1 aliphatic rings. The highest BCUT2D eigenvalue weighted by Crippen LogP contribution is 2.41. The summed E-state index contributed by atoms with van der Waals surface area (Å²) in [5, 5.41) is 9.97. The first-order valence-corrected chi connectivity index (χ1v) is 5.27. The fraction of sp³-hybridized carbons (Fsp3) is 0.833. The van der Waals surface area contributed by atoms with Crippen LogP contribution in [0.5, 0.6) is 0 Å². The quantitative estimate of drug-likeness (QED) is 0.662. The summed E-state index contributed by atoms with van der Waals surface area (Å²) in [6.45, 7) is 4.06. The molecule has 0 radical (unpaired) electrons. The lowest BCUT2D eigenvalue weighted by atomic mass is 9.80. The van der Waals surface area contributed by atoms with Gasteiger partial charge in [0.05, 0.1) is 6.10 Å². The molecule has 1 fully saturated rings. The third kappa shape index (κ3) is 2.74. The Bertz CT molecular complexity index is 203. The second kappa shape index (κ2) is 4.67. The average Bonchev–Trinajstić information content (AvgIpc) is 2.54. The van der Waals surface area contributed by atoms with Gasteiger partial charge in [-0.1, -0.05) is 19.8 Å². The maximum absolute atomic E-state index is 9.97. The molecule has 1 saturated carbocycles. The molecule has 1 aliphatic carbocycles. The van der Waals surface area contributed by atoms with Crippen molar-refractivity contribution in [3.05, 3.63) is 0 Å². The van der Waals surface area contributed by atoms with Crippen LogP contribution in [0.25, 0.3) is 0 Å². The van der Waals surface area contributed by atoms with Crippen LogP contribution < -0.4 is 0 Å². The minimum absolute atomic E-state index is 0.143. The van der Waals surface area contributed by atoms with Crippen LogP contribution >= 0.6 is 0 Å². The number of hydrogen-bond acceptors (Lipinski definition) is 1. The molecular weight excluding hydrogens is 160 g/mol. The van der Waals surface area contributed by atoms with Crippen molar-refractivity contribution >= 4 is 0 Å². The Kier molecular flexibility index (Phi) is 3.81. The summed E-state index contributed by atoms with van der Waals surface area (Å²) >= 11 is 0. The SMILES string of the molecule is CC#CCCC(O)C1(C)CCCC1. The molecular formula is C12H20O. The largest absolute Gasteiger partial charge is 0.393 e. The highest BCUT2D eigenvalue weighted by atomic mass is 16.3. The second-order valence-electron chi connectivity index (χ2n) is 4.34. The van der Waals surface area contributed by atoms with E-state index < -0.39 is 0 Å². The van der Waals surface area contributed by atoms with E-state index in [1.165, 1.54) is 25.7 Å². The van der Waals surface area contributed by atoms with Crippen LogP contribution in [-0.2, 0) is 0 Å². The molecule has 0 aromatic heterocycles. The Hall–Kier alpha value is -0.480. The molecule has 0 saturated heterocycles. The van der Waals surface area contributed by atoms with Gasteiger partial charge in [-0.05, 0) is 31.6 Å². The van der Waals surface area contributed by atoms with Crippen molar-refractivity contribution in [3.63, 3.8) is 0 Å². The van der Waals surface area contributed by atoms with Crippen LogP contribution in [0, 0.1) is 17.3 Å². The third-order valence-electron chi connectivity index (χ3n) is 3.27. The van der Waals surface area contributed by atoms with Gasteiger partial charge in [0.15, 0.2) is 0 Å². The molecule has 0 aromatic rings. The van der Waals surface area contributed by atoms with Gasteiger partial charge in [0.1, 0.15) is 0 Å². The van der Waals surface area contributed by atoms with Crippen molar-refractivity contribution in [2.45, 2.75) is 58.5 Å². The summed E-state index contributed by atoms with van der Waals surface area (Å²) in [6.07, 6.45) is 6.49. The Morgan fingerprint density at radius 3 is 2.54 bits per heavy atom. The molecule has 0 heterocycles. The van der Waals surface area contributed by atoms with Gasteiger partial charge in [0.2, 0.25) is 0 Å². The standard InChI is InChI=1S/C12H20O/c1-3-4-5-8-11(13)12(2)9-6-7-10-12/h11,13H,5-10H2,1-2H3. The summed E-state index contributed by atoms with van der Waals surface area (Å²) in [5.74, 6) is 5.87. The highest BCUT2D eigenvalue weighted by Gasteiger charge is 2.35. The first kappa shape index (κ1) is 10.6. The Morgan fingerprint density at radius 1 is 1.38 bits per heavy atom. The lowest BCUT2D eigenvalue weighted by molar-refractivity contribution is 0.0363. The molecule has 0 amide bonds. The van der Waals surface area contributed by atoms with Gasteiger partial charge < -0.3 is 5.11 Å². The fourth-order valence-electron chi connectivity index (χ4n) is 2.20. The number of hydrogen-bond donors (Lipinski definition) is 1. The lowest BCUT2D eigenvalue weighted by Gasteiger charge is -2.29. The smallest absolute Gasteiger partial charge is 0.0602 e. The molecule has 13 heavy (non-hydrogen) atoms. The molecule has 1 rings (SSSR count). The maximum atomic E-state index is 9.97. The summed E-state index contributed by atoms with van der Waals surface area (Å²) in [4.78, 5) is 0. The number of rotatable bonds is 3. The zero-order valence-corrected chi connectivity index (χ0v) is 8.77. The molecule has 1 heteroatoms. The van der Waals surface area contributed by atoms with Crippen LogP contribution in [0.4, 0.5) is 0 Å². The number of aliphatic hydroxyl groups is 1. The zero-order chi connectivity index (χ0) is 9.73. The van der Waals surface area contributed by atoms with Gasteiger partial charge in [0, 0.05) is 6.42 Å². The second-order valence-corrected chi connectivity index (χ2v) is 4.34. The Labute approximate surface area is 81.5 Å². The van der Waals surface area contributed by atoms with Gasteiger partial charge >= 0.3 is 0 Å². The van der Waals surface area contributed by atoms with E-state index >= 15 is 0 Å². The predicted octanol–water partition coefficient (Wildman–Crippen LogP) is 2.73. The minimum Gasteiger partial charge on any atom is -0.393 e. The summed E-state index contributed by atoms with van der Waals surface area (Å²) in [6, 6.07) is 0. The van der Waals surface area contributed by atoms with E-state index in [9.17, 15) is 5.11 Å². The van der Waals surface area contributed by atoms with Crippen LogP contribution in [0.2, 0.25) is 0 Å². The van der Waals surface area contributed by atoms with E-state index in [-0.39, 0.29) is 11.5 Å². The van der Waals surface area contributed by atoms with Crippen molar-refractivity contribution in [1.29, 1.82) is 0 Å². The summed E-state index contributed by atoms with van der Waals surface area (Å²) in [5.41, 5.74) is 0.190. The van der Waals surface area contributed by atoms with Crippen LogP contribution in [0.3, 0.4) is 0 Å². The van der Waals surface area contributed by atoms with Crippen molar-refractivity contribution in [3.8, 4) is 11.8 Å². The first-order valence-electron chi connectivity index (χ1n) is 5.27. The van der Waals surface area contributed by atoms with Crippen LogP contribution in [0.15, 0.2) is 0 Å². The Morgan fingerprint density at radius 2 is 2.00 bits per heavy atom. The Balaban J connectivity index is 2.35. The average molecular weight is 180 g/mol. The van der Waals surface area contributed by atoms with E-state index in [4.69, 9.17) is 0 Å². The van der Waals surface area contributed by atoms with Crippen LogP contribution in [-0.4, -0.2) is 11.2 Å². The molecule has 1 nitrogen and oxygen atoms in total. The van der Waals surface area contributed by atoms with Crippen molar-refractivity contribution in [2.75, 3.05) is 0 Å². The van der Waals surface area contributed by atoms with Crippen molar-refractivity contribution in [1.82, 2.24) is 0 Å². The molecule has 74 valence electrons. The van der Waals surface area contributed by atoms with E-state index in [1.54, 1.807) is 0 Å². The molecule has 1 N–H and O–H groups in total. The van der Waals surface area contributed by atoms with Gasteiger partial charge in [-0.25, -0.2) is 0 Å². The first-order chi connectivity index (χ1) is 6.19. The predicted molar refractivity (Wildman–Crippen MR) is 55.3 cm³/mol. The van der Waals surface area contributed by atoms with Gasteiger partial charge in [-0.2, -0.15) is 0 Å². The summed E-state index contributed by atoms with van der Waals surface area (Å²) < 4.78 is 0. The fourth-order valence-corrected chi connectivity index (χ4v) is 2.20. The topological polar surface area (TPSA) is 20.2 Å². The van der Waals surface area contributed by atoms with Crippen molar-refractivity contribution in [2.24, 2.45) is 5.41 Å². The van der Waals surface area contributed by atoms with Gasteiger partial charge in [0.25, 0.3) is 0 Å². The lowest BCUT2D eigenvalue weighted by Crippen LogP contribution is -2.29. The van der Waals surface area contributed by atoms with Gasteiger partial charge in [-0.3, -0.25) is 0 Å². The van der Waals surface area contributed by atoms with E-state index in [1.807, 2.05) is 6.92 Å². The van der Waals surface area contributed by atoms with Crippen LogP contribution in [0.1, 0.15) is 52.4 Å². The van der Waals surface area contributed by atoms with E-state index in [2.05, 4.69) is 18.8 Å². The number of aliphatic hydroxyl groups excluding tert-OH is 1. The van der Waals surface area contributed by atoms with E-state index in [0.29, 0.717) is 0 Å². The maximum Gasteiger partial charge on any atom is 0.0602 e. The molecule has 0 aromatic carbocycles. The molecule has 0 spiro atoms. The van der Waals surface area contributed by atoms with E-state index in [0.717, 1.165) is 12.8 Å². The van der Waals surface area contributed by atoms with Crippen molar-refractivity contribution < 1.29 is 5.11 Å². The summed E-state index contributed by atoms with van der Waals surface area (Å²) in [7, 11) is 0. The molecule has 1 unspecified atom stereocenters. The monoisotopic (exact) mass is 180 g/mol. The molecule has 0 bridgehead atoms. The minimum atomic E-state index is -0.143. The molecule has 1 atom stereocenters.